The van der Waals surface area contributed by atoms with Gasteiger partial charge in [-0.05, 0) is 24.6 Å². The van der Waals surface area contributed by atoms with Crippen LogP contribution in [0.3, 0.4) is 0 Å². The number of cyclic esters (lactones) is 1. The monoisotopic (exact) mass is 346 g/mol. The van der Waals surface area contributed by atoms with Gasteiger partial charge >= 0.3 is 6.09 Å². The van der Waals surface area contributed by atoms with Crippen LogP contribution in [-0.4, -0.2) is 52.9 Å². The first kappa shape index (κ1) is 15.8. The quantitative estimate of drug-likeness (QED) is 0.888. The Bertz CT molecular complexity index is 768. The number of carbonyl (C=O) groups excluding carboxylic acids is 1. The second kappa shape index (κ2) is 6.32. The number of aromatic nitrogens is 3. The van der Waals surface area contributed by atoms with Gasteiger partial charge in [0.25, 0.3) is 0 Å². The number of halogens is 1. The lowest BCUT2D eigenvalue weighted by molar-refractivity contribution is 0.129. The van der Waals surface area contributed by atoms with Crippen molar-refractivity contribution in [2.75, 3.05) is 29.4 Å². The SMILES string of the molecule is N[C@H]1CCN(c2ccc(N3C[C@H](Cn4ccnn4)OC3=O)cc2F)C1. The number of rotatable bonds is 4. The first-order chi connectivity index (χ1) is 12.1. The largest absolute Gasteiger partial charge is 0.442 e. The minimum Gasteiger partial charge on any atom is -0.442 e. The molecule has 2 aromatic rings. The van der Waals surface area contributed by atoms with Gasteiger partial charge in [-0.3, -0.25) is 4.90 Å². The molecule has 0 bridgehead atoms. The average molecular weight is 346 g/mol. The van der Waals surface area contributed by atoms with Crippen molar-refractivity contribution in [2.24, 2.45) is 5.73 Å². The summed E-state index contributed by atoms with van der Waals surface area (Å²) in [5.41, 5.74) is 6.89. The number of nitrogens with two attached hydrogens (primary N) is 1. The Morgan fingerprint density at radius 1 is 1.36 bits per heavy atom. The highest BCUT2D eigenvalue weighted by atomic mass is 19.1. The number of hydrogen-bond donors (Lipinski definition) is 1. The summed E-state index contributed by atoms with van der Waals surface area (Å²) in [4.78, 5) is 15.5. The summed E-state index contributed by atoms with van der Waals surface area (Å²) in [5.74, 6) is -0.362. The summed E-state index contributed by atoms with van der Waals surface area (Å²) < 4.78 is 21.5. The van der Waals surface area contributed by atoms with Gasteiger partial charge in [0.05, 0.1) is 30.7 Å². The molecule has 1 aromatic heterocycles. The standard InChI is InChI=1S/C16H19FN6O2/c17-14-7-12(1-2-15(14)21-5-3-11(18)8-21)23-10-13(25-16(23)24)9-22-6-4-19-20-22/h1-2,4,6-7,11,13H,3,5,8-10,18H2/t11-,13-/m0/s1. The molecule has 0 unspecified atom stereocenters. The molecule has 0 radical (unpaired) electrons. The van der Waals surface area contributed by atoms with Crippen molar-refractivity contribution in [3.8, 4) is 0 Å². The van der Waals surface area contributed by atoms with Gasteiger partial charge in [0.1, 0.15) is 11.9 Å². The third-order valence-corrected chi connectivity index (χ3v) is 4.55. The fourth-order valence-electron chi connectivity index (χ4n) is 3.29. The van der Waals surface area contributed by atoms with Crippen molar-refractivity contribution in [1.82, 2.24) is 15.0 Å². The maximum Gasteiger partial charge on any atom is 0.414 e. The van der Waals surface area contributed by atoms with Gasteiger partial charge in [-0.15, -0.1) is 5.10 Å². The highest BCUT2D eigenvalue weighted by molar-refractivity contribution is 5.90. The van der Waals surface area contributed by atoms with Crippen LogP contribution >= 0.6 is 0 Å². The van der Waals surface area contributed by atoms with Gasteiger partial charge in [0, 0.05) is 25.3 Å². The third-order valence-electron chi connectivity index (χ3n) is 4.55. The maximum absolute atomic E-state index is 14.5. The lowest BCUT2D eigenvalue weighted by Gasteiger charge is -2.20. The number of amides is 1. The van der Waals surface area contributed by atoms with Gasteiger partial charge in [0.2, 0.25) is 0 Å². The van der Waals surface area contributed by atoms with Crippen LogP contribution in [0.15, 0.2) is 30.6 Å². The van der Waals surface area contributed by atoms with E-state index in [0.29, 0.717) is 31.0 Å². The molecular formula is C16H19FN6O2. The molecule has 2 aliphatic rings. The Balaban J connectivity index is 1.48. The Morgan fingerprint density at radius 3 is 2.92 bits per heavy atom. The van der Waals surface area contributed by atoms with E-state index in [1.165, 1.54) is 11.0 Å². The van der Waals surface area contributed by atoms with Gasteiger partial charge in [-0.2, -0.15) is 0 Å². The van der Waals surface area contributed by atoms with Gasteiger partial charge in [-0.25, -0.2) is 13.9 Å². The zero-order valence-corrected chi connectivity index (χ0v) is 13.6. The van der Waals surface area contributed by atoms with Gasteiger partial charge < -0.3 is 15.4 Å². The summed E-state index contributed by atoms with van der Waals surface area (Å²) >= 11 is 0. The normalized spacial score (nSPS) is 23.4. The van der Waals surface area contributed by atoms with E-state index in [0.717, 1.165) is 13.0 Å². The molecule has 0 aliphatic carbocycles. The molecule has 4 rings (SSSR count). The third kappa shape index (κ3) is 3.14. The maximum atomic E-state index is 14.5. The molecule has 9 heteroatoms. The second-order valence-corrected chi connectivity index (χ2v) is 6.37. The molecule has 3 heterocycles. The van der Waals surface area contributed by atoms with Crippen LogP contribution in [0.1, 0.15) is 6.42 Å². The van der Waals surface area contributed by atoms with Gasteiger partial charge in [0.15, 0.2) is 0 Å². The number of carbonyl (C=O) groups is 1. The van der Waals surface area contributed by atoms with Crippen LogP contribution in [0.2, 0.25) is 0 Å². The van der Waals surface area contributed by atoms with Crippen LogP contribution in [0.25, 0.3) is 0 Å². The molecule has 2 aliphatic heterocycles. The number of nitrogens with zero attached hydrogens (tertiary/aromatic N) is 5. The molecule has 0 spiro atoms. The Morgan fingerprint density at radius 2 is 2.24 bits per heavy atom. The Labute approximate surface area is 143 Å². The van der Waals surface area contributed by atoms with Crippen LogP contribution in [0.5, 0.6) is 0 Å². The summed E-state index contributed by atoms with van der Waals surface area (Å²) in [7, 11) is 0. The molecule has 2 N–H and O–H groups in total. The zero-order valence-electron chi connectivity index (χ0n) is 13.6. The predicted molar refractivity (Wildman–Crippen MR) is 88.8 cm³/mol. The number of hydrogen-bond acceptors (Lipinski definition) is 6. The van der Waals surface area contributed by atoms with Crippen molar-refractivity contribution < 1.29 is 13.9 Å². The molecule has 132 valence electrons. The number of benzene rings is 1. The van der Waals surface area contributed by atoms with Crippen molar-refractivity contribution in [2.45, 2.75) is 25.1 Å². The Hall–Kier alpha value is -2.68. The number of anilines is 2. The zero-order chi connectivity index (χ0) is 17.4. The fourth-order valence-corrected chi connectivity index (χ4v) is 3.29. The first-order valence-electron chi connectivity index (χ1n) is 8.22. The fraction of sp³-hybridized carbons (Fsp3) is 0.438. The van der Waals surface area contributed by atoms with E-state index in [2.05, 4.69) is 10.3 Å². The van der Waals surface area contributed by atoms with Crippen molar-refractivity contribution in [1.29, 1.82) is 0 Å². The molecule has 0 saturated carbocycles. The van der Waals surface area contributed by atoms with Crippen LogP contribution in [0.4, 0.5) is 20.6 Å². The van der Waals surface area contributed by atoms with Gasteiger partial charge in [-0.1, -0.05) is 5.21 Å². The van der Waals surface area contributed by atoms with E-state index in [4.69, 9.17) is 10.5 Å². The molecule has 1 amide bonds. The van der Waals surface area contributed by atoms with Crippen molar-refractivity contribution in [3.05, 3.63) is 36.4 Å². The molecule has 2 saturated heterocycles. The molecular weight excluding hydrogens is 327 g/mol. The summed E-state index contributed by atoms with van der Waals surface area (Å²) in [6.07, 6.45) is 3.27. The molecule has 25 heavy (non-hydrogen) atoms. The first-order valence-corrected chi connectivity index (χ1v) is 8.22. The van der Waals surface area contributed by atoms with Crippen molar-refractivity contribution >= 4 is 17.5 Å². The highest BCUT2D eigenvalue weighted by Gasteiger charge is 2.33. The summed E-state index contributed by atoms with van der Waals surface area (Å²) in [5, 5.41) is 7.58. The van der Waals surface area contributed by atoms with Crippen LogP contribution in [0, 0.1) is 5.82 Å². The minimum absolute atomic E-state index is 0.0742. The molecule has 2 atom stereocenters. The van der Waals surface area contributed by atoms with E-state index in [1.807, 2.05) is 4.90 Å². The van der Waals surface area contributed by atoms with Crippen molar-refractivity contribution in [3.63, 3.8) is 0 Å². The summed E-state index contributed by atoms with van der Waals surface area (Å²) in [6.45, 7) is 2.13. The Kier molecular flexibility index (Phi) is 4.00. The minimum atomic E-state index is -0.486. The number of ether oxygens (including phenoxy) is 1. The molecule has 8 nitrogen and oxygen atoms in total. The smallest absolute Gasteiger partial charge is 0.414 e. The van der Waals surface area contributed by atoms with E-state index < -0.39 is 6.09 Å². The van der Waals surface area contributed by atoms with E-state index in [-0.39, 0.29) is 18.0 Å². The van der Waals surface area contributed by atoms with Crippen LogP contribution in [-0.2, 0) is 11.3 Å². The van der Waals surface area contributed by atoms with E-state index >= 15 is 0 Å². The predicted octanol–water partition coefficient (Wildman–Crippen LogP) is 0.980. The second-order valence-electron chi connectivity index (χ2n) is 6.37. The van der Waals surface area contributed by atoms with Crippen LogP contribution < -0.4 is 15.5 Å². The van der Waals surface area contributed by atoms with E-state index in [9.17, 15) is 9.18 Å². The average Bonchev–Trinajstić information content (AvgIpc) is 3.30. The summed E-state index contributed by atoms with van der Waals surface area (Å²) in [6, 6.07) is 4.88. The molecule has 1 aromatic carbocycles. The lowest BCUT2D eigenvalue weighted by atomic mass is 10.2. The topological polar surface area (TPSA) is 89.5 Å². The highest BCUT2D eigenvalue weighted by Crippen LogP contribution is 2.29. The molecule has 2 fully saturated rings. The lowest BCUT2D eigenvalue weighted by Crippen LogP contribution is -2.28. The van der Waals surface area contributed by atoms with E-state index in [1.54, 1.807) is 29.2 Å².